The molecule has 25 heavy (non-hydrogen) atoms. The summed E-state index contributed by atoms with van der Waals surface area (Å²) in [4.78, 5) is 23.5. The number of carbonyl (C=O) groups is 2. The molecule has 0 saturated heterocycles. The van der Waals surface area contributed by atoms with Crippen LogP contribution in [0.3, 0.4) is 0 Å². The summed E-state index contributed by atoms with van der Waals surface area (Å²) in [6.45, 7) is 1.27. The molecular weight excluding hydrogens is 316 g/mol. The molecule has 0 amide bonds. The van der Waals surface area contributed by atoms with Crippen molar-refractivity contribution in [3.05, 3.63) is 83.9 Å². The van der Waals surface area contributed by atoms with Crippen molar-refractivity contribution < 1.29 is 19.4 Å². The van der Waals surface area contributed by atoms with Gasteiger partial charge < -0.3 is 9.84 Å². The highest BCUT2D eigenvalue weighted by atomic mass is 16.5. The smallest absolute Gasteiger partial charge is 0.308 e. The van der Waals surface area contributed by atoms with Gasteiger partial charge in [0.05, 0.1) is 5.56 Å². The summed E-state index contributed by atoms with van der Waals surface area (Å²) in [7, 11) is 0. The maximum atomic E-state index is 12.6. The monoisotopic (exact) mass is 332 g/mol. The van der Waals surface area contributed by atoms with E-state index >= 15 is 0 Å². The Morgan fingerprint density at radius 1 is 0.840 bits per heavy atom. The van der Waals surface area contributed by atoms with Gasteiger partial charge in [-0.25, -0.2) is 0 Å². The van der Waals surface area contributed by atoms with Gasteiger partial charge in [-0.05, 0) is 23.3 Å². The summed E-state index contributed by atoms with van der Waals surface area (Å²) < 4.78 is 4.89. The predicted octanol–water partition coefficient (Wildman–Crippen LogP) is 4.22. The number of hydrogen-bond donors (Lipinski definition) is 1. The van der Waals surface area contributed by atoms with Crippen LogP contribution in [0.25, 0.3) is 11.1 Å². The summed E-state index contributed by atoms with van der Waals surface area (Å²) in [6.07, 6.45) is 0. The molecule has 0 saturated carbocycles. The van der Waals surface area contributed by atoms with Gasteiger partial charge in [0.2, 0.25) is 0 Å². The number of hydrogen-bond acceptors (Lipinski definition) is 4. The quantitative estimate of drug-likeness (QED) is 0.441. The topological polar surface area (TPSA) is 63.6 Å². The number of rotatable bonds is 4. The zero-order valence-electron chi connectivity index (χ0n) is 13.6. The summed E-state index contributed by atoms with van der Waals surface area (Å²) in [6, 6.07) is 21.2. The van der Waals surface area contributed by atoms with E-state index in [-0.39, 0.29) is 22.8 Å². The third-order valence-electron chi connectivity index (χ3n) is 3.73. The minimum absolute atomic E-state index is 0.156. The molecule has 0 atom stereocenters. The van der Waals surface area contributed by atoms with Crippen molar-refractivity contribution in [2.24, 2.45) is 0 Å². The van der Waals surface area contributed by atoms with Gasteiger partial charge in [-0.1, -0.05) is 54.6 Å². The fraction of sp³-hybridized carbons (Fsp3) is 0.0476. The minimum Gasteiger partial charge on any atom is -0.507 e. The molecule has 3 aromatic carbocycles. The first-order chi connectivity index (χ1) is 12.0. The molecule has 0 spiro atoms. The molecule has 0 fully saturated rings. The van der Waals surface area contributed by atoms with Crippen molar-refractivity contribution in [1.29, 1.82) is 0 Å². The fourth-order valence-electron chi connectivity index (χ4n) is 2.53. The zero-order valence-corrected chi connectivity index (χ0v) is 13.6. The zero-order chi connectivity index (χ0) is 17.8. The minimum atomic E-state index is -0.491. The molecule has 0 aliphatic carbocycles. The van der Waals surface area contributed by atoms with E-state index in [0.717, 1.165) is 11.1 Å². The van der Waals surface area contributed by atoms with Crippen LogP contribution in [0, 0.1) is 0 Å². The summed E-state index contributed by atoms with van der Waals surface area (Å²) in [5.41, 5.74) is 2.69. The molecule has 4 nitrogen and oxygen atoms in total. The Hall–Kier alpha value is -3.40. The highest BCUT2D eigenvalue weighted by molar-refractivity contribution is 6.10. The van der Waals surface area contributed by atoms with Crippen molar-refractivity contribution in [1.82, 2.24) is 0 Å². The lowest BCUT2D eigenvalue weighted by molar-refractivity contribution is -0.131. The molecule has 0 radical (unpaired) electrons. The van der Waals surface area contributed by atoms with E-state index in [2.05, 4.69) is 0 Å². The maximum Gasteiger partial charge on any atom is 0.308 e. The van der Waals surface area contributed by atoms with Crippen molar-refractivity contribution in [2.75, 3.05) is 0 Å². The third kappa shape index (κ3) is 3.75. The SMILES string of the molecule is CC(=O)Oc1ccc(C(=O)c2ccc(-c3ccccc3)cc2)c(O)c1. The van der Waals surface area contributed by atoms with Crippen LogP contribution in [0.2, 0.25) is 0 Å². The summed E-state index contributed by atoms with van der Waals surface area (Å²) in [5.74, 6) is -0.821. The van der Waals surface area contributed by atoms with E-state index < -0.39 is 5.97 Å². The Bertz CT molecular complexity index is 912. The molecule has 0 aliphatic rings. The largest absolute Gasteiger partial charge is 0.507 e. The van der Waals surface area contributed by atoms with Gasteiger partial charge in [-0.15, -0.1) is 0 Å². The van der Waals surface area contributed by atoms with Crippen molar-refractivity contribution in [3.8, 4) is 22.6 Å². The van der Waals surface area contributed by atoms with Crippen molar-refractivity contribution in [3.63, 3.8) is 0 Å². The lowest BCUT2D eigenvalue weighted by Crippen LogP contribution is -2.04. The van der Waals surface area contributed by atoms with Crippen LogP contribution in [0.1, 0.15) is 22.8 Å². The molecule has 3 aromatic rings. The molecule has 0 heterocycles. The Morgan fingerprint density at radius 2 is 1.48 bits per heavy atom. The number of esters is 1. The standard InChI is InChI=1S/C21H16O4/c1-14(22)25-18-11-12-19(20(23)13-18)21(24)17-9-7-16(8-10-17)15-5-3-2-4-6-15/h2-13,23H,1H3. The molecular formula is C21H16O4. The Labute approximate surface area is 145 Å². The van der Waals surface area contributed by atoms with Gasteiger partial charge in [0, 0.05) is 18.6 Å². The molecule has 4 heteroatoms. The van der Waals surface area contributed by atoms with Gasteiger partial charge in [0.1, 0.15) is 11.5 Å². The van der Waals surface area contributed by atoms with E-state index in [9.17, 15) is 14.7 Å². The number of benzene rings is 3. The van der Waals surface area contributed by atoms with E-state index in [1.165, 1.54) is 25.1 Å². The number of phenolic OH excluding ortho intramolecular Hbond substituents is 1. The highest BCUT2D eigenvalue weighted by Crippen LogP contribution is 2.27. The van der Waals surface area contributed by atoms with E-state index in [1.54, 1.807) is 12.1 Å². The second kappa shape index (κ2) is 7.01. The molecule has 0 bridgehead atoms. The Morgan fingerprint density at radius 3 is 2.08 bits per heavy atom. The van der Waals surface area contributed by atoms with Crippen molar-refractivity contribution >= 4 is 11.8 Å². The van der Waals surface area contributed by atoms with Crippen LogP contribution in [0.4, 0.5) is 0 Å². The first-order valence-corrected chi connectivity index (χ1v) is 7.76. The molecule has 0 unspecified atom stereocenters. The second-order valence-corrected chi connectivity index (χ2v) is 5.55. The van der Waals surface area contributed by atoms with E-state index in [1.807, 2.05) is 42.5 Å². The van der Waals surface area contributed by atoms with Crippen LogP contribution >= 0.6 is 0 Å². The van der Waals surface area contributed by atoms with Gasteiger partial charge in [0.15, 0.2) is 5.78 Å². The molecule has 0 aliphatic heterocycles. The maximum absolute atomic E-state index is 12.6. The lowest BCUT2D eigenvalue weighted by Gasteiger charge is -2.08. The molecule has 1 N–H and O–H groups in total. The molecule has 124 valence electrons. The van der Waals surface area contributed by atoms with Gasteiger partial charge in [-0.2, -0.15) is 0 Å². The van der Waals surface area contributed by atoms with E-state index in [4.69, 9.17) is 4.74 Å². The van der Waals surface area contributed by atoms with Crippen LogP contribution in [0.15, 0.2) is 72.8 Å². The molecule has 0 aromatic heterocycles. The Balaban J connectivity index is 1.85. The number of ether oxygens (including phenoxy) is 1. The predicted molar refractivity (Wildman–Crippen MR) is 94.7 cm³/mol. The summed E-state index contributed by atoms with van der Waals surface area (Å²) in [5, 5.41) is 10.1. The number of carbonyl (C=O) groups excluding carboxylic acids is 2. The first kappa shape index (κ1) is 16.5. The van der Waals surface area contributed by atoms with Crippen LogP contribution in [-0.2, 0) is 4.79 Å². The highest BCUT2D eigenvalue weighted by Gasteiger charge is 2.15. The first-order valence-electron chi connectivity index (χ1n) is 7.76. The van der Waals surface area contributed by atoms with Crippen molar-refractivity contribution in [2.45, 2.75) is 6.92 Å². The number of ketones is 1. The third-order valence-corrected chi connectivity index (χ3v) is 3.73. The van der Waals surface area contributed by atoms with Crippen LogP contribution in [-0.4, -0.2) is 16.9 Å². The van der Waals surface area contributed by atoms with E-state index in [0.29, 0.717) is 5.56 Å². The van der Waals surface area contributed by atoms with Crippen LogP contribution in [0.5, 0.6) is 11.5 Å². The normalized spacial score (nSPS) is 10.3. The average Bonchev–Trinajstić information content (AvgIpc) is 2.62. The van der Waals surface area contributed by atoms with Gasteiger partial charge in [0.25, 0.3) is 0 Å². The van der Waals surface area contributed by atoms with Gasteiger partial charge in [-0.3, -0.25) is 9.59 Å². The number of aromatic hydroxyl groups is 1. The fourth-order valence-corrected chi connectivity index (χ4v) is 2.53. The lowest BCUT2D eigenvalue weighted by atomic mass is 9.99. The van der Waals surface area contributed by atoms with Crippen LogP contribution < -0.4 is 4.74 Å². The second-order valence-electron chi connectivity index (χ2n) is 5.55. The molecule has 3 rings (SSSR count). The average molecular weight is 332 g/mol. The Kier molecular flexibility index (Phi) is 4.61. The summed E-state index contributed by atoms with van der Waals surface area (Å²) >= 11 is 0. The van der Waals surface area contributed by atoms with Gasteiger partial charge >= 0.3 is 5.97 Å². The number of phenols is 1.